The highest BCUT2D eigenvalue weighted by molar-refractivity contribution is 5.90. The average Bonchev–Trinajstić information content (AvgIpc) is 3.23. The van der Waals surface area contributed by atoms with Crippen molar-refractivity contribution in [3.8, 4) is 23.1 Å². The zero-order valence-corrected chi connectivity index (χ0v) is 19.6. The molecule has 1 saturated carbocycles. The number of fused-ring (bicyclic) bond motifs is 2. The van der Waals surface area contributed by atoms with Crippen molar-refractivity contribution in [1.29, 1.82) is 0 Å². The van der Waals surface area contributed by atoms with Crippen LogP contribution in [0.4, 0.5) is 10.5 Å². The summed E-state index contributed by atoms with van der Waals surface area (Å²) in [5.41, 5.74) is 1.77. The molecule has 6 rings (SSSR count). The number of anilines is 1. The Balaban J connectivity index is 1.09. The molecule has 0 unspecified atom stereocenters. The molecule has 9 nitrogen and oxygen atoms in total. The second kappa shape index (κ2) is 8.79. The van der Waals surface area contributed by atoms with Crippen LogP contribution in [0.3, 0.4) is 0 Å². The van der Waals surface area contributed by atoms with Gasteiger partial charge in [-0.05, 0) is 49.8 Å². The van der Waals surface area contributed by atoms with Crippen molar-refractivity contribution in [2.24, 2.45) is 5.92 Å². The van der Waals surface area contributed by atoms with Crippen molar-refractivity contribution in [2.45, 2.75) is 31.3 Å². The summed E-state index contributed by atoms with van der Waals surface area (Å²) in [6, 6.07) is 11.1. The third kappa shape index (κ3) is 4.15. The van der Waals surface area contributed by atoms with Gasteiger partial charge < -0.3 is 23.7 Å². The monoisotopic (exact) mass is 477 g/mol. The third-order valence-corrected chi connectivity index (χ3v) is 7.03. The zero-order valence-electron chi connectivity index (χ0n) is 19.6. The fourth-order valence-corrected chi connectivity index (χ4v) is 5.07. The highest BCUT2D eigenvalue weighted by Gasteiger charge is 2.47. The minimum absolute atomic E-state index is 0.306. The Kier molecular flexibility index (Phi) is 5.47. The molecule has 35 heavy (non-hydrogen) atoms. The first-order chi connectivity index (χ1) is 17.1. The number of nitrogens with zero attached hydrogens (tertiary/aromatic N) is 3. The Hall–Kier alpha value is -3.75. The number of methoxy groups -OCH3 is 1. The molecule has 0 bridgehead atoms. The number of hydrogen-bond donors (Lipinski definition) is 0. The van der Waals surface area contributed by atoms with Gasteiger partial charge in [0.1, 0.15) is 30.1 Å². The molecule has 2 fully saturated rings. The standard InChI is InChI=1S/C26H27N3O6/c1-31-23-5-3-19-24(28-23)21(8-11-27-19)34-15-17-6-9-26(10-7-17)16-29(25(30)35-26)18-2-4-20-22(14-18)33-13-12-32-20/h2-5,8,11,14,17H,6-7,9-10,12-13,15-16H2,1H3/t17-,26+. The zero-order chi connectivity index (χ0) is 23.8. The number of aromatic nitrogens is 2. The highest BCUT2D eigenvalue weighted by atomic mass is 16.6. The van der Waals surface area contributed by atoms with Gasteiger partial charge in [-0.1, -0.05) is 0 Å². The number of carbonyl (C=O) groups is 1. The predicted octanol–water partition coefficient (Wildman–Crippen LogP) is 4.37. The van der Waals surface area contributed by atoms with Crippen molar-refractivity contribution >= 4 is 22.8 Å². The van der Waals surface area contributed by atoms with Gasteiger partial charge >= 0.3 is 6.09 Å². The summed E-state index contributed by atoms with van der Waals surface area (Å²) in [6.07, 6.45) is 4.86. The van der Waals surface area contributed by atoms with Crippen LogP contribution in [0.1, 0.15) is 25.7 Å². The van der Waals surface area contributed by atoms with Crippen LogP contribution in [0.5, 0.6) is 23.1 Å². The van der Waals surface area contributed by atoms with Crippen LogP contribution in [-0.4, -0.2) is 55.1 Å². The smallest absolute Gasteiger partial charge is 0.415 e. The summed E-state index contributed by atoms with van der Waals surface area (Å²) < 4.78 is 28.6. The molecule has 9 heteroatoms. The van der Waals surface area contributed by atoms with Gasteiger partial charge in [0.05, 0.1) is 31.5 Å². The van der Waals surface area contributed by atoms with Gasteiger partial charge in [-0.15, -0.1) is 0 Å². The molecular formula is C26H27N3O6. The molecule has 2 aliphatic heterocycles. The van der Waals surface area contributed by atoms with E-state index >= 15 is 0 Å². The van der Waals surface area contributed by atoms with Crippen LogP contribution in [0.2, 0.25) is 0 Å². The average molecular weight is 478 g/mol. The fraction of sp³-hybridized carbons (Fsp3) is 0.423. The third-order valence-electron chi connectivity index (χ3n) is 7.03. The van der Waals surface area contributed by atoms with Crippen molar-refractivity contribution < 1.29 is 28.5 Å². The molecule has 3 aromatic rings. The SMILES string of the molecule is COc1ccc2nccc(OC[C@H]3CC[C@@]4(CC3)CN(c3ccc5c(c3)OCCO5)C(=O)O4)c2n1. The van der Waals surface area contributed by atoms with Gasteiger partial charge in [0.2, 0.25) is 5.88 Å². The largest absolute Gasteiger partial charge is 0.491 e. The molecular weight excluding hydrogens is 450 g/mol. The quantitative estimate of drug-likeness (QED) is 0.535. The number of ether oxygens (including phenoxy) is 5. The number of pyridine rings is 2. The lowest BCUT2D eigenvalue weighted by molar-refractivity contribution is 0.00729. The molecule has 4 heterocycles. The second-order valence-electron chi connectivity index (χ2n) is 9.25. The number of amides is 1. The number of rotatable bonds is 5. The molecule has 1 spiro atoms. The number of benzene rings is 1. The summed E-state index contributed by atoms with van der Waals surface area (Å²) in [5, 5.41) is 0. The molecule has 0 radical (unpaired) electrons. The van der Waals surface area contributed by atoms with E-state index in [0.717, 1.165) is 36.9 Å². The van der Waals surface area contributed by atoms with Gasteiger partial charge in [-0.25, -0.2) is 9.78 Å². The number of carbonyl (C=O) groups excluding carboxylic acids is 1. The summed E-state index contributed by atoms with van der Waals surface area (Å²) in [5.74, 6) is 2.97. The van der Waals surface area contributed by atoms with E-state index in [4.69, 9.17) is 23.7 Å². The van der Waals surface area contributed by atoms with Gasteiger partial charge in [0.15, 0.2) is 11.5 Å². The molecule has 0 N–H and O–H groups in total. The topological polar surface area (TPSA) is 92.2 Å². The summed E-state index contributed by atoms with van der Waals surface area (Å²) in [6.45, 7) is 2.16. The summed E-state index contributed by atoms with van der Waals surface area (Å²) in [4.78, 5) is 23.3. The molecule has 3 aliphatic rings. The van der Waals surface area contributed by atoms with Gasteiger partial charge in [-0.3, -0.25) is 9.88 Å². The van der Waals surface area contributed by atoms with Crippen LogP contribution in [0.15, 0.2) is 42.6 Å². The maximum absolute atomic E-state index is 12.8. The molecule has 1 amide bonds. The predicted molar refractivity (Wildman–Crippen MR) is 128 cm³/mol. The van der Waals surface area contributed by atoms with Gasteiger partial charge in [0.25, 0.3) is 0 Å². The second-order valence-corrected chi connectivity index (χ2v) is 9.25. The van der Waals surface area contributed by atoms with Crippen LogP contribution < -0.4 is 23.8 Å². The molecule has 1 aliphatic carbocycles. The highest BCUT2D eigenvalue weighted by Crippen LogP contribution is 2.42. The van der Waals surface area contributed by atoms with Crippen LogP contribution in [-0.2, 0) is 4.74 Å². The lowest BCUT2D eigenvalue weighted by Gasteiger charge is -2.35. The lowest BCUT2D eigenvalue weighted by Crippen LogP contribution is -2.39. The Morgan fingerprint density at radius 1 is 1.09 bits per heavy atom. The maximum Gasteiger partial charge on any atom is 0.415 e. The molecule has 1 aromatic carbocycles. The molecule has 0 atom stereocenters. The van der Waals surface area contributed by atoms with Crippen LogP contribution in [0, 0.1) is 5.92 Å². The van der Waals surface area contributed by atoms with E-state index in [1.807, 2.05) is 30.3 Å². The first kappa shape index (κ1) is 21.8. The van der Waals surface area contributed by atoms with E-state index in [1.165, 1.54) is 0 Å². The van der Waals surface area contributed by atoms with E-state index in [-0.39, 0.29) is 6.09 Å². The summed E-state index contributed by atoms with van der Waals surface area (Å²) in [7, 11) is 1.59. The normalized spacial score (nSPS) is 23.4. The number of hydrogen-bond acceptors (Lipinski definition) is 8. The minimum Gasteiger partial charge on any atom is -0.491 e. The first-order valence-electron chi connectivity index (χ1n) is 12.0. The molecule has 2 aromatic heterocycles. The Morgan fingerprint density at radius 3 is 2.74 bits per heavy atom. The van der Waals surface area contributed by atoms with Crippen molar-refractivity contribution in [2.75, 3.05) is 38.4 Å². The van der Waals surface area contributed by atoms with E-state index in [9.17, 15) is 4.79 Å². The molecule has 1 saturated heterocycles. The van der Waals surface area contributed by atoms with Crippen molar-refractivity contribution in [1.82, 2.24) is 9.97 Å². The van der Waals surface area contributed by atoms with Gasteiger partial charge in [-0.2, -0.15) is 0 Å². The Morgan fingerprint density at radius 2 is 1.91 bits per heavy atom. The van der Waals surface area contributed by atoms with E-state index in [0.29, 0.717) is 60.9 Å². The van der Waals surface area contributed by atoms with E-state index < -0.39 is 5.60 Å². The summed E-state index contributed by atoms with van der Waals surface area (Å²) >= 11 is 0. The fourth-order valence-electron chi connectivity index (χ4n) is 5.07. The van der Waals surface area contributed by atoms with E-state index in [2.05, 4.69) is 9.97 Å². The van der Waals surface area contributed by atoms with Crippen molar-refractivity contribution in [3.63, 3.8) is 0 Å². The maximum atomic E-state index is 12.8. The Bertz CT molecular complexity index is 1260. The Labute approximate surface area is 202 Å². The minimum atomic E-state index is -0.459. The van der Waals surface area contributed by atoms with Gasteiger partial charge in [0, 0.05) is 24.4 Å². The van der Waals surface area contributed by atoms with E-state index in [1.54, 1.807) is 24.3 Å². The van der Waals surface area contributed by atoms with Crippen LogP contribution in [0.25, 0.3) is 11.0 Å². The molecule has 182 valence electrons. The van der Waals surface area contributed by atoms with Crippen LogP contribution >= 0.6 is 0 Å². The first-order valence-corrected chi connectivity index (χ1v) is 12.0. The van der Waals surface area contributed by atoms with Crippen molar-refractivity contribution in [3.05, 3.63) is 42.6 Å². The lowest BCUT2D eigenvalue weighted by atomic mass is 9.79.